The highest BCUT2D eigenvalue weighted by Crippen LogP contribution is 2.39. The van der Waals surface area contributed by atoms with Crippen LogP contribution in [0.1, 0.15) is 29.7 Å². The largest absolute Gasteiger partial charge is 0.507 e. The maximum atomic E-state index is 11.0. The van der Waals surface area contributed by atoms with E-state index in [4.69, 9.17) is 4.98 Å². The van der Waals surface area contributed by atoms with Crippen LogP contribution in [-0.2, 0) is 12.8 Å². The number of phenolic OH excluding ortho intramolecular Hbond substituents is 1. The molecule has 0 saturated carbocycles. The van der Waals surface area contributed by atoms with Crippen molar-refractivity contribution in [2.24, 2.45) is 0 Å². The summed E-state index contributed by atoms with van der Waals surface area (Å²) < 4.78 is 2.14. The Labute approximate surface area is 228 Å². The Balaban J connectivity index is 1.43. The van der Waals surface area contributed by atoms with Gasteiger partial charge in [-0.1, -0.05) is 36.4 Å². The van der Waals surface area contributed by atoms with E-state index in [0.29, 0.717) is 5.75 Å². The predicted molar refractivity (Wildman–Crippen MR) is 158 cm³/mol. The molecule has 190 valence electrons. The minimum absolute atomic E-state index is 0.312. The second-order valence-corrected chi connectivity index (χ2v) is 10.4. The molecule has 0 fully saturated rings. The van der Waals surface area contributed by atoms with E-state index in [2.05, 4.69) is 83.2 Å². The Morgan fingerprint density at radius 2 is 1.44 bits per heavy atom. The minimum Gasteiger partial charge on any atom is -0.507 e. The molecular formula is C35H29N3O. The molecule has 0 bridgehead atoms. The van der Waals surface area contributed by atoms with Gasteiger partial charge in [-0.15, -0.1) is 0 Å². The van der Waals surface area contributed by atoms with Crippen molar-refractivity contribution in [3.63, 3.8) is 0 Å². The summed E-state index contributed by atoms with van der Waals surface area (Å²) >= 11 is 0. The van der Waals surface area contributed by atoms with Crippen LogP contribution in [0.15, 0.2) is 103 Å². The molecule has 6 aromatic rings. The maximum absolute atomic E-state index is 11.0. The van der Waals surface area contributed by atoms with Crippen molar-refractivity contribution in [2.45, 2.75) is 32.6 Å². The number of rotatable bonds is 4. The summed E-state index contributed by atoms with van der Waals surface area (Å²) in [5.74, 6) is 0.312. The van der Waals surface area contributed by atoms with Gasteiger partial charge in [-0.25, -0.2) is 4.98 Å². The highest BCUT2D eigenvalue weighted by Gasteiger charge is 2.20. The smallest absolute Gasteiger partial charge is 0.145 e. The summed E-state index contributed by atoms with van der Waals surface area (Å²) in [4.78, 5) is 9.80. The van der Waals surface area contributed by atoms with Crippen LogP contribution in [0.4, 0.5) is 0 Å². The van der Waals surface area contributed by atoms with Crippen molar-refractivity contribution >= 4 is 5.65 Å². The highest BCUT2D eigenvalue weighted by molar-refractivity contribution is 5.87. The summed E-state index contributed by atoms with van der Waals surface area (Å²) in [7, 11) is 0. The average molecular weight is 508 g/mol. The number of phenols is 1. The number of nitrogens with zero attached hydrogens (tertiary/aromatic N) is 3. The second-order valence-electron chi connectivity index (χ2n) is 10.4. The lowest BCUT2D eigenvalue weighted by molar-refractivity contribution is 0.475. The molecule has 0 atom stereocenters. The number of aryl methyl sites for hydroxylation is 3. The second kappa shape index (κ2) is 9.55. The molecule has 1 aliphatic carbocycles. The summed E-state index contributed by atoms with van der Waals surface area (Å²) in [5.41, 5.74) is 12.5. The Hall–Kier alpha value is -4.70. The van der Waals surface area contributed by atoms with E-state index in [9.17, 15) is 5.11 Å². The molecule has 1 aliphatic rings. The molecule has 3 aromatic carbocycles. The number of hydrogen-bond acceptors (Lipinski definition) is 3. The van der Waals surface area contributed by atoms with Crippen molar-refractivity contribution in [2.75, 3.05) is 0 Å². The van der Waals surface area contributed by atoms with Crippen molar-refractivity contribution in [1.29, 1.82) is 0 Å². The van der Waals surface area contributed by atoms with E-state index in [-0.39, 0.29) is 0 Å². The fourth-order valence-corrected chi connectivity index (χ4v) is 5.89. The summed E-state index contributed by atoms with van der Waals surface area (Å²) in [6, 6.07) is 31.4. The van der Waals surface area contributed by atoms with E-state index < -0.39 is 0 Å². The van der Waals surface area contributed by atoms with Crippen LogP contribution in [-0.4, -0.2) is 19.5 Å². The zero-order valence-corrected chi connectivity index (χ0v) is 21.9. The normalized spacial score (nSPS) is 12.9. The van der Waals surface area contributed by atoms with E-state index in [1.165, 1.54) is 24.0 Å². The topological polar surface area (TPSA) is 50.4 Å². The van der Waals surface area contributed by atoms with Gasteiger partial charge in [0.15, 0.2) is 0 Å². The first-order chi connectivity index (χ1) is 19.2. The van der Waals surface area contributed by atoms with Gasteiger partial charge in [-0.05, 0) is 115 Å². The van der Waals surface area contributed by atoms with E-state index in [0.717, 1.165) is 69.0 Å². The number of fused-ring (bicyclic) bond motifs is 2. The first-order valence-electron chi connectivity index (χ1n) is 13.6. The van der Waals surface area contributed by atoms with Crippen molar-refractivity contribution in [3.05, 3.63) is 120 Å². The van der Waals surface area contributed by atoms with Gasteiger partial charge >= 0.3 is 0 Å². The molecule has 3 aromatic heterocycles. The van der Waals surface area contributed by atoms with Crippen LogP contribution >= 0.6 is 0 Å². The van der Waals surface area contributed by atoms with Crippen LogP contribution in [0.25, 0.3) is 50.4 Å². The van der Waals surface area contributed by atoms with E-state index >= 15 is 0 Å². The summed E-state index contributed by atoms with van der Waals surface area (Å²) in [6.45, 7) is 2.08. The van der Waals surface area contributed by atoms with E-state index in [1.54, 1.807) is 0 Å². The molecule has 0 aliphatic heterocycles. The van der Waals surface area contributed by atoms with Crippen molar-refractivity contribution in [3.8, 4) is 50.5 Å². The third kappa shape index (κ3) is 4.18. The Bertz CT molecular complexity index is 1760. The Morgan fingerprint density at radius 1 is 0.692 bits per heavy atom. The van der Waals surface area contributed by atoms with Gasteiger partial charge < -0.3 is 9.51 Å². The average Bonchev–Trinajstić information content (AvgIpc) is 3.33. The summed E-state index contributed by atoms with van der Waals surface area (Å²) in [5, 5.41) is 11.0. The van der Waals surface area contributed by atoms with Gasteiger partial charge in [0.1, 0.15) is 11.4 Å². The van der Waals surface area contributed by atoms with Crippen LogP contribution in [0.2, 0.25) is 0 Å². The zero-order valence-electron chi connectivity index (χ0n) is 21.9. The molecule has 0 radical (unpaired) electrons. The lowest BCUT2D eigenvalue weighted by Gasteiger charge is -2.17. The fourth-order valence-electron chi connectivity index (χ4n) is 5.89. The van der Waals surface area contributed by atoms with Gasteiger partial charge in [0, 0.05) is 34.8 Å². The fraction of sp³-hybridized carbons (Fsp3) is 0.143. The maximum Gasteiger partial charge on any atom is 0.145 e. The molecule has 0 spiro atoms. The molecule has 4 heteroatoms. The van der Waals surface area contributed by atoms with Crippen molar-refractivity contribution < 1.29 is 5.11 Å². The monoisotopic (exact) mass is 507 g/mol. The third-order valence-corrected chi connectivity index (χ3v) is 7.92. The molecular weight excluding hydrogens is 478 g/mol. The SMILES string of the molecule is Cc1c(-c2cc3c(cc2O)CCCC3)nc2c(-c3cc(-c4ccccc4)cc(-c4ccccn4)c3)cccn12. The molecule has 39 heavy (non-hydrogen) atoms. The quantitative estimate of drug-likeness (QED) is 0.261. The lowest BCUT2D eigenvalue weighted by Crippen LogP contribution is -2.02. The number of imidazole rings is 1. The third-order valence-electron chi connectivity index (χ3n) is 7.92. The number of pyridine rings is 2. The molecule has 0 unspecified atom stereocenters. The molecule has 0 amide bonds. The lowest BCUT2D eigenvalue weighted by atomic mass is 9.89. The number of aromatic hydroxyl groups is 1. The van der Waals surface area contributed by atoms with Crippen molar-refractivity contribution in [1.82, 2.24) is 14.4 Å². The molecule has 0 saturated heterocycles. The summed E-state index contributed by atoms with van der Waals surface area (Å²) in [6.07, 6.45) is 8.37. The molecule has 7 rings (SSSR count). The van der Waals surface area contributed by atoms with Gasteiger partial charge in [-0.2, -0.15) is 0 Å². The number of aromatic nitrogens is 3. The number of benzene rings is 3. The Kier molecular flexibility index (Phi) is 5.74. The first kappa shape index (κ1) is 23.4. The standard InChI is InChI=1S/C35H29N3O/c1-23-34(31-21-25-12-5-6-13-26(25)22-33(31)39)37-35-30(14-9-17-38(23)35)28-18-27(24-10-3-2-4-11-24)19-29(20-28)32-15-7-8-16-36-32/h2-4,7-11,14-22,39H,5-6,12-13H2,1H3. The van der Waals surface area contributed by atoms with Gasteiger partial charge in [0.2, 0.25) is 0 Å². The van der Waals surface area contributed by atoms with Crippen LogP contribution in [0, 0.1) is 6.92 Å². The van der Waals surface area contributed by atoms with Gasteiger partial charge in [-0.3, -0.25) is 4.98 Å². The van der Waals surface area contributed by atoms with Gasteiger partial charge in [0.05, 0.1) is 11.4 Å². The van der Waals surface area contributed by atoms with E-state index in [1.807, 2.05) is 36.5 Å². The Morgan fingerprint density at radius 3 is 2.23 bits per heavy atom. The van der Waals surface area contributed by atoms with Crippen LogP contribution in [0.5, 0.6) is 5.75 Å². The molecule has 1 N–H and O–H groups in total. The zero-order chi connectivity index (χ0) is 26.3. The molecule has 3 heterocycles. The van der Waals surface area contributed by atoms with Crippen LogP contribution < -0.4 is 0 Å². The first-order valence-corrected chi connectivity index (χ1v) is 13.6. The highest BCUT2D eigenvalue weighted by atomic mass is 16.3. The predicted octanol–water partition coefficient (Wildman–Crippen LogP) is 8.29. The van der Waals surface area contributed by atoms with Crippen LogP contribution in [0.3, 0.4) is 0 Å². The molecule has 4 nitrogen and oxygen atoms in total. The number of hydrogen-bond donors (Lipinski definition) is 1. The minimum atomic E-state index is 0.312. The van der Waals surface area contributed by atoms with Gasteiger partial charge in [0.25, 0.3) is 0 Å².